The molecule has 7 heteroatoms. The molecule has 1 rings (SSSR count). The minimum atomic E-state index is -3.53. The topological polar surface area (TPSA) is 80.5 Å². The van der Waals surface area contributed by atoms with Gasteiger partial charge in [-0.2, -0.15) is 0 Å². The van der Waals surface area contributed by atoms with Crippen molar-refractivity contribution in [3.8, 4) is 0 Å². The summed E-state index contributed by atoms with van der Waals surface area (Å²) in [6.45, 7) is 0. The highest BCUT2D eigenvalue weighted by atomic mass is 32.2. The van der Waals surface area contributed by atoms with E-state index >= 15 is 0 Å². The Balaban J connectivity index is 2.94. The van der Waals surface area contributed by atoms with Crippen LogP contribution in [-0.4, -0.2) is 37.1 Å². The largest absolute Gasteiger partial charge is 0.364 e. The van der Waals surface area contributed by atoms with Crippen LogP contribution in [-0.2, 0) is 10.0 Å². The highest BCUT2D eigenvalue weighted by Gasteiger charge is 2.21. The zero-order chi connectivity index (χ0) is 10.1. The second-order valence-electron chi connectivity index (χ2n) is 2.42. The normalized spacial score (nSPS) is 11.2. The average Bonchev–Trinajstić information content (AvgIpc) is 2.51. The van der Waals surface area contributed by atoms with Crippen LogP contribution in [0.2, 0.25) is 0 Å². The zero-order valence-corrected chi connectivity index (χ0v) is 7.91. The van der Waals surface area contributed by atoms with E-state index in [0.29, 0.717) is 4.31 Å². The maximum absolute atomic E-state index is 11.3. The first kappa shape index (κ1) is 9.72. The van der Waals surface area contributed by atoms with Crippen molar-refractivity contribution in [2.75, 3.05) is 13.3 Å². The summed E-state index contributed by atoms with van der Waals surface area (Å²) in [5, 5.41) is 3.32. The monoisotopic (exact) mass is 204 g/mol. The van der Waals surface area contributed by atoms with E-state index in [-0.39, 0.29) is 5.69 Å². The smallest absolute Gasteiger partial charge is 0.289 e. The summed E-state index contributed by atoms with van der Waals surface area (Å²) < 4.78 is 26.8. The lowest BCUT2D eigenvalue weighted by Gasteiger charge is -2.11. The molecule has 0 radical (unpaired) electrons. The van der Waals surface area contributed by atoms with Gasteiger partial charge in [0.1, 0.15) is 6.26 Å². The van der Waals surface area contributed by atoms with Crippen molar-refractivity contribution >= 4 is 15.9 Å². The van der Waals surface area contributed by atoms with E-state index in [2.05, 4.69) is 9.68 Å². The number of nitrogens with zero attached hydrogens (tertiary/aromatic N) is 2. The lowest BCUT2D eigenvalue weighted by atomic mass is 10.4. The SMILES string of the molecule is CN(C(=O)c1ccon1)S(C)(=O)=O. The van der Waals surface area contributed by atoms with Crippen LogP contribution in [0.3, 0.4) is 0 Å². The molecule has 0 spiro atoms. The number of rotatable bonds is 2. The minimum Gasteiger partial charge on any atom is -0.364 e. The standard InChI is InChI=1S/C6H8N2O4S/c1-8(13(2,10)11)6(9)5-3-4-12-7-5/h3-4H,1-2H3. The summed E-state index contributed by atoms with van der Waals surface area (Å²) in [6, 6.07) is 1.30. The van der Waals surface area contributed by atoms with E-state index < -0.39 is 15.9 Å². The van der Waals surface area contributed by atoms with Crippen LogP contribution in [0.4, 0.5) is 0 Å². The van der Waals surface area contributed by atoms with E-state index in [0.717, 1.165) is 13.3 Å². The first-order valence-electron chi connectivity index (χ1n) is 3.31. The number of amides is 1. The molecule has 1 aromatic rings. The fourth-order valence-corrected chi connectivity index (χ4v) is 1.03. The molecule has 13 heavy (non-hydrogen) atoms. The highest BCUT2D eigenvalue weighted by molar-refractivity contribution is 7.88. The minimum absolute atomic E-state index is 0.0343. The molecule has 0 fully saturated rings. The number of carbonyl (C=O) groups excluding carboxylic acids is 1. The summed E-state index contributed by atoms with van der Waals surface area (Å²) in [5.41, 5.74) is -0.0343. The van der Waals surface area contributed by atoms with Crippen molar-refractivity contribution in [3.05, 3.63) is 18.0 Å². The molecule has 0 aliphatic carbocycles. The summed E-state index contributed by atoms with van der Waals surface area (Å²) in [4.78, 5) is 11.3. The van der Waals surface area contributed by atoms with Crippen LogP contribution in [0.5, 0.6) is 0 Å². The van der Waals surface area contributed by atoms with Gasteiger partial charge in [-0.3, -0.25) is 4.79 Å². The molecule has 1 heterocycles. The van der Waals surface area contributed by atoms with Crippen LogP contribution in [0.25, 0.3) is 0 Å². The number of sulfonamides is 1. The second kappa shape index (κ2) is 3.17. The van der Waals surface area contributed by atoms with Gasteiger partial charge < -0.3 is 4.52 Å². The number of carbonyl (C=O) groups is 1. The molecule has 0 aromatic carbocycles. The van der Waals surface area contributed by atoms with Crippen molar-refractivity contribution in [1.29, 1.82) is 0 Å². The molecule has 1 aromatic heterocycles. The molecule has 0 aliphatic rings. The second-order valence-corrected chi connectivity index (χ2v) is 4.43. The lowest BCUT2D eigenvalue weighted by molar-refractivity contribution is 0.0874. The van der Waals surface area contributed by atoms with Crippen LogP contribution in [0, 0.1) is 0 Å². The molecular formula is C6H8N2O4S. The Morgan fingerprint density at radius 3 is 2.62 bits per heavy atom. The van der Waals surface area contributed by atoms with E-state index in [1.807, 2.05) is 0 Å². The molecule has 72 valence electrons. The summed E-state index contributed by atoms with van der Waals surface area (Å²) in [6.07, 6.45) is 2.13. The quantitative estimate of drug-likeness (QED) is 0.661. The third-order valence-electron chi connectivity index (χ3n) is 1.44. The molecule has 0 N–H and O–H groups in total. The molecule has 6 nitrogen and oxygen atoms in total. The Morgan fingerprint density at radius 2 is 2.23 bits per heavy atom. The predicted octanol–water partition coefficient (Wildman–Crippen LogP) is -0.294. The third kappa shape index (κ3) is 2.05. The Hall–Kier alpha value is -1.37. The van der Waals surface area contributed by atoms with Crippen LogP contribution in [0.1, 0.15) is 10.5 Å². The Morgan fingerprint density at radius 1 is 1.62 bits per heavy atom. The van der Waals surface area contributed by atoms with Crippen molar-refractivity contribution in [2.45, 2.75) is 0 Å². The van der Waals surface area contributed by atoms with Gasteiger partial charge in [0, 0.05) is 13.1 Å². The average molecular weight is 204 g/mol. The molecule has 0 bridgehead atoms. The molecule has 0 atom stereocenters. The lowest BCUT2D eigenvalue weighted by Crippen LogP contribution is -2.32. The van der Waals surface area contributed by atoms with Crippen molar-refractivity contribution in [2.24, 2.45) is 0 Å². The summed E-state index contributed by atoms with van der Waals surface area (Å²) >= 11 is 0. The maximum atomic E-state index is 11.3. The summed E-state index contributed by atoms with van der Waals surface area (Å²) in [5.74, 6) is -0.712. The number of hydrogen-bond donors (Lipinski definition) is 0. The van der Waals surface area contributed by atoms with Crippen molar-refractivity contribution in [1.82, 2.24) is 9.46 Å². The maximum Gasteiger partial charge on any atom is 0.289 e. The van der Waals surface area contributed by atoms with Gasteiger partial charge in [0.2, 0.25) is 10.0 Å². The van der Waals surface area contributed by atoms with Gasteiger partial charge >= 0.3 is 0 Å². The fourth-order valence-electron chi connectivity index (χ4n) is 0.635. The van der Waals surface area contributed by atoms with E-state index in [9.17, 15) is 13.2 Å². The van der Waals surface area contributed by atoms with Gasteiger partial charge in [-0.1, -0.05) is 5.16 Å². The molecular weight excluding hydrogens is 196 g/mol. The van der Waals surface area contributed by atoms with Gasteiger partial charge in [-0.25, -0.2) is 12.7 Å². The van der Waals surface area contributed by atoms with Crippen molar-refractivity contribution in [3.63, 3.8) is 0 Å². The van der Waals surface area contributed by atoms with Gasteiger partial charge in [-0.15, -0.1) is 0 Å². The Labute approximate surface area is 75.2 Å². The first-order chi connectivity index (χ1) is 5.93. The van der Waals surface area contributed by atoms with E-state index in [4.69, 9.17) is 0 Å². The van der Waals surface area contributed by atoms with Crippen LogP contribution >= 0.6 is 0 Å². The van der Waals surface area contributed by atoms with Crippen LogP contribution < -0.4 is 0 Å². The molecule has 0 aliphatic heterocycles. The van der Waals surface area contributed by atoms with Crippen LogP contribution in [0.15, 0.2) is 16.9 Å². The number of aromatic nitrogens is 1. The fraction of sp³-hybridized carbons (Fsp3) is 0.333. The Kier molecular flexibility index (Phi) is 2.37. The third-order valence-corrected chi connectivity index (χ3v) is 2.60. The Bertz CT molecular complexity index is 394. The predicted molar refractivity (Wildman–Crippen MR) is 43.4 cm³/mol. The number of hydrogen-bond acceptors (Lipinski definition) is 5. The first-order valence-corrected chi connectivity index (χ1v) is 5.16. The van der Waals surface area contributed by atoms with Crippen molar-refractivity contribution < 1.29 is 17.7 Å². The molecule has 0 unspecified atom stereocenters. The van der Waals surface area contributed by atoms with E-state index in [1.54, 1.807) is 0 Å². The van der Waals surface area contributed by atoms with Gasteiger partial charge in [0.15, 0.2) is 5.69 Å². The summed E-state index contributed by atoms with van der Waals surface area (Å²) in [7, 11) is -2.37. The van der Waals surface area contributed by atoms with Gasteiger partial charge in [0.05, 0.1) is 6.26 Å². The highest BCUT2D eigenvalue weighted by Crippen LogP contribution is 2.03. The van der Waals surface area contributed by atoms with Gasteiger partial charge in [-0.05, 0) is 0 Å². The zero-order valence-electron chi connectivity index (χ0n) is 7.09. The molecule has 0 saturated carbocycles. The van der Waals surface area contributed by atoms with Gasteiger partial charge in [0.25, 0.3) is 5.91 Å². The molecule has 1 amide bonds. The molecule has 0 saturated heterocycles. The van der Waals surface area contributed by atoms with E-state index in [1.165, 1.54) is 12.3 Å².